The molecule has 0 bridgehead atoms. The Morgan fingerprint density at radius 2 is 1.96 bits per heavy atom. The third kappa shape index (κ3) is 5.45. The molecule has 2 amide bonds. The smallest absolute Gasteiger partial charge is 0.354 e. The number of carbonyl (C=O) groups excluding carboxylic acids is 2. The normalized spacial score (nSPS) is 18.1. The molecule has 1 heterocycles. The monoisotopic (exact) mass is 385 g/mol. The number of nitrogens with one attached hydrogen (secondary N) is 1. The van der Waals surface area contributed by atoms with Crippen LogP contribution in [0.1, 0.15) is 44.2 Å². The van der Waals surface area contributed by atoms with E-state index in [1.807, 2.05) is 13.8 Å². The molecule has 1 fully saturated rings. The van der Waals surface area contributed by atoms with Crippen molar-refractivity contribution < 1.29 is 22.8 Å². The van der Waals surface area contributed by atoms with E-state index in [1.165, 1.54) is 11.0 Å². The van der Waals surface area contributed by atoms with Gasteiger partial charge in [0.15, 0.2) is 0 Å². The predicted molar refractivity (Wildman–Crippen MR) is 95.5 cm³/mol. The second-order valence-corrected chi connectivity index (χ2v) is 7.16. The van der Waals surface area contributed by atoms with Crippen LogP contribution in [0.5, 0.6) is 0 Å². The van der Waals surface area contributed by atoms with Crippen LogP contribution in [0.2, 0.25) is 0 Å². The average Bonchev–Trinajstić information content (AvgIpc) is 2.99. The molecule has 1 aliphatic rings. The van der Waals surface area contributed by atoms with Crippen LogP contribution in [-0.4, -0.2) is 35.3 Å². The molecule has 0 saturated carbocycles. The summed E-state index contributed by atoms with van der Waals surface area (Å²) >= 11 is 0. The molecule has 1 aromatic rings. The molecular weight excluding hydrogens is 359 g/mol. The summed E-state index contributed by atoms with van der Waals surface area (Å²) in [6, 6.07) is 4.89. The van der Waals surface area contributed by atoms with E-state index < -0.39 is 23.2 Å². The van der Waals surface area contributed by atoms with Crippen LogP contribution < -0.4 is 11.1 Å². The highest BCUT2D eigenvalue weighted by molar-refractivity contribution is 5.89. The molecular formula is C19H26F3N3O2. The topological polar surface area (TPSA) is 75.4 Å². The summed E-state index contributed by atoms with van der Waals surface area (Å²) in [6.45, 7) is 4.47. The van der Waals surface area contributed by atoms with Crippen LogP contribution in [-0.2, 0) is 22.3 Å². The third-order valence-corrected chi connectivity index (χ3v) is 5.24. The van der Waals surface area contributed by atoms with Gasteiger partial charge in [-0.3, -0.25) is 9.59 Å². The number of alkyl halides is 3. The average molecular weight is 385 g/mol. The molecule has 150 valence electrons. The number of nitrogens with zero attached hydrogens (tertiary/aromatic N) is 1. The van der Waals surface area contributed by atoms with Gasteiger partial charge in [-0.25, -0.2) is 0 Å². The Labute approximate surface area is 157 Å². The molecule has 2 rings (SSSR count). The lowest BCUT2D eigenvalue weighted by atomic mass is 9.94. The van der Waals surface area contributed by atoms with Gasteiger partial charge in [0.05, 0.1) is 11.5 Å². The van der Waals surface area contributed by atoms with Crippen molar-refractivity contribution in [3.8, 4) is 0 Å². The second kappa shape index (κ2) is 8.29. The van der Waals surface area contributed by atoms with Crippen molar-refractivity contribution in [3.63, 3.8) is 0 Å². The largest absolute Gasteiger partial charge is 0.416 e. The van der Waals surface area contributed by atoms with Crippen LogP contribution in [0.4, 0.5) is 13.2 Å². The minimum absolute atomic E-state index is 0.0529. The van der Waals surface area contributed by atoms with Crippen molar-refractivity contribution >= 4 is 11.8 Å². The van der Waals surface area contributed by atoms with Crippen molar-refractivity contribution in [1.29, 1.82) is 0 Å². The summed E-state index contributed by atoms with van der Waals surface area (Å²) < 4.78 is 38.5. The van der Waals surface area contributed by atoms with Gasteiger partial charge in [0.1, 0.15) is 0 Å². The van der Waals surface area contributed by atoms with E-state index in [2.05, 4.69) is 5.32 Å². The molecule has 1 saturated heterocycles. The minimum Gasteiger partial charge on any atom is -0.354 e. The Bertz CT molecular complexity index is 687. The summed E-state index contributed by atoms with van der Waals surface area (Å²) in [4.78, 5) is 26.0. The minimum atomic E-state index is -4.43. The quantitative estimate of drug-likeness (QED) is 0.758. The first-order chi connectivity index (χ1) is 12.6. The van der Waals surface area contributed by atoms with Gasteiger partial charge in [-0.15, -0.1) is 0 Å². The molecule has 1 aromatic carbocycles. The third-order valence-electron chi connectivity index (χ3n) is 5.24. The van der Waals surface area contributed by atoms with E-state index in [4.69, 9.17) is 5.73 Å². The number of carbonyl (C=O) groups is 2. The van der Waals surface area contributed by atoms with E-state index in [9.17, 15) is 22.8 Å². The van der Waals surface area contributed by atoms with E-state index in [0.717, 1.165) is 25.0 Å². The van der Waals surface area contributed by atoms with Crippen molar-refractivity contribution in [3.05, 3.63) is 35.4 Å². The highest BCUT2D eigenvalue weighted by atomic mass is 19.4. The second-order valence-electron chi connectivity index (χ2n) is 7.16. The maximum Gasteiger partial charge on any atom is 0.416 e. The van der Waals surface area contributed by atoms with Gasteiger partial charge in [0.25, 0.3) is 0 Å². The molecule has 0 radical (unpaired) electrons. The van der Waals surface area contributed by atoms with Gasteiger partial charge >= 0.3 is 6.18 Å². The Morgan fingerprint density at radius 1 is 1.30 bits per heavy atom. The molecule has 8 heteroatoms. The SMILES string of the molecule is CCC(N)(CC)CNC(=O)C1CC(=O)N(Cc2cccc(C(F)(F)F)c2)C1. The van der Waals surface area contributed by atoms with Crippen LogP contribution in [0.15, 0.2) is 24.3 Å². The van der Waals surface area contributed by atoms with Gasteiger partial charge in [0, 0.05) is 31.6 Å². The van der Waals surface area contributed by atoms with E-state index in [-0.39, 0.29) is 31.3 Å². The number of amides is 2. The fourth-order valence-corrected chi connectivity index (χ4v) is 3.07. The predicted octanol–water partition coefficient (Wildman–Crippen LogP) is 2.69. The Hall–Kier alpha value is -2.09. The van der Waals surface area contributed by atoms with Crippen molar-refractivity contribution in [1.82, 2.24) is 10.2 Å². The van der Waals surface area contributed by atoms with Gasteiger partial charge < -0.3 is 16.0 Å². The maximum absolute atomic E-state index is 12.8. The standard InChI is InChI=1S/C19H26F3N3O2/c1-3-18(23,4-2)12-24-17(27)14-9-16(26)25(11-14)10-13-6-5-7-15(8-13)19(20,21)22/h5-8,14H,3-4,9-12,23H2,1-2H3,(H,24,27). The fraction of sp³-hybridized carbons (Fsp3) is 0.579. The van der Waals surface area contributed by atoms with Crippen molar-refractivity contribution in [2.24, 2.45) is 11.7 Å². The maximum atomic E-state index is 12.8. The zero-order chi connectivity index (χ0) is 20.2. The zero-order valence-corrected chi connectivity index (χ0v) is 15.6. The van der Waals surface area contributed by atoms with Gasteiger partial charge in [-0.2, -0.15) is 13.2 Å². The number of likely N-dealkylation sites (tertiary alicyclic amines) is 1. The van der Waals surface area contributed by atoms with Gasteiger partial charge in [-0.05, 0) is 30.5 Å². The lowest BCUT2D eigenvalue weighted by Gasteiger charge is -2.27. The fourth-order valence-electron chi connectivity index (χ4n) is 3.07. The molecule has 27 heavy (non-hydrogen) atoms. The molecule has 1 unspecified atom stereocenters. The van der Waals surface area contributed by atoms with Crippen LogP contribution in [0.25, 0.3) is 0 Å². The number of benzene rings is 1. The Morgan fingerprint density at radius 3 is 2.56 bits per heavy atom. The summed E-state index contributed by atoms with van der Waals surface area (Å²) in [7, 11) is 0. The van der Waals surface area contributed by atoms with Crippen molar-refractivity contribution in [2.45, 2.75) is 51.4 Å². The lowest BCUT2D eigenvalue weighted by Crippen LogP contribution is -2.50. The summed E-state index contributed by atoms with van der Waals surface area (Å²) in [6.07, 6.45) is -2.94. The lowest BCUT2D eigenvalue weighted by molar-refractivity contribution is -0.137. The molecule has 1 atom stereocenters. The van der Waals surface area contributed by atoms with E-state index in [0.29, 0.717) is 12.1 Å². The molecule has 0 spiro atoms. The van der Waals surface area contributed by atoms with Crippen LogP contribution in [0.3, 0.4) is 0 Å². The molecule has 5 nitrogen and oxygen atoms in total. The summed E-state index contributed by atoms with van der Waals surface area (Å²) in [5.74, 6) is -0.995. The van der Waals surface area contributed by atoms with Crippen LogP contribution >= 0.6 is 0 Å². The highest BCUT2D eigenvalue weighted by Crippen LogP contribution is 2.30. The molecule has 3 N–H and O–H groups in total. The summed E-state index contributed by atoms with van der Waals surface area (Å²) in [5.41, 5.74) is 5.33. The highest BCUT2D eigenvalue weighted by Gasteiger charge is 2.35. The van der Waals surface area contributed by atoms with E-state index >= 15 is 0 Å². The van der Waals surface area contributed by atoms with Crippen LogP contribution in [0, 0.1) is 5.92 Å². The number of rotatable bonds is 7. The molecule has 1 aliphatic heterocycles. The van der Waals surface area contributed by atoms with Gasteiger partial charge in [-0.1, -0.05) is 26.0 Å². The number of hydrogen-bond donors (Lipinski definition) is 2. The van der Waals surface area contributed by atoms with Gasteiger partial charge in [0.2, 0.25) is 11.8 Å². The first-order valence-corrected chi connectivity index (χ1v) is 9.08. The first-order valence-electron chi connectivity index (χ1n) is 9.08. The zero-order valence-electron chi connectivity index (χ0n) is 15.6. The number of nitrogens with two attached hydrogens (primary N) is 1. The number of halogens is 3. The molecule has 0 aromatic heterocycles. The van der Waals surface area contributed by atoms with Crippen molar-refractivity contribution in [2.75, 3.05) is 13.1 Å². The summed E-state index contributed by atoms with van der Waals surface area (Å²) in [5, 5.41) is 2.81. The first kappa shape index (κ1) is 21.2. The molecule has 0 aliphatic carbocycles. The number of hydrogen-bond acceptors (Lipinski definition) is 3. The van der Waals surface area contributed by atoms with E-state index in [1.54, 1.807) is 6.07 Å². The Kier molecular flexibility index (Phi) is 6.51. The Balaban J connectivity index is 1.96.